The Morgan fingerprint density at radius 3 is 2.58 bits per heavy atom. The molecule has 2 aliphatic heterocycles. The van der Waals surface area contributed by atoms with Crippen molar-refractivity contribution in [2.75, 3.05) is 53.0 Å². The molecule has 204 valence electrons. The van der Waals surface area contributed by atoms with Crippen LogP contribution in [0.5, 0.6) is 5.75 Å². The fraction of sp³-hybridized carbons (Fsp3) is 0.464. The number of ether oxygens (including phenoxy) is 2. The Bertz CT molecular complexity index is 1150. The lowest BCUT2D eigenvalue weighted by Crippen LogP contribution is -2.50. The Balaban J connectivity index is 1.60. The topological polar surface area (TPSA) is 86.7 Å². The van der Waals surface area contributed by atoms with E-state index in [9.17, 15) is 14.0 Å². The highest BCUT2D eigenvalue weighted by Crippen LogP contribution is 2.37. The molecule has 1 N–H and O–H groups in total. The van der Waals surface area contributed by atoms with Crippen molar-refractivity contribution in [2.24, 2.45) is 5.10 Å². The van der Waals surface area contributed by atoms with Crippen molar-refractivity contribution < 1.29 is 23.5 Å². The number of carbonyl (C=O) groups is 2. The molecule has 2 aromatic carbocycles. The molecule has 4 rings (SSSR count). The van der Waals surface area contributed by atoms with Crippen LogP contribution in [-0.2, 0) is 9.53 Å². The molecule has 2 aromatic rings. The van der Waals surface area contributed by atoms with Gasteiger partial charge >= 0.3 is 6.03 Å². The summed E-state index contributed by atoms with van der Waals surface area (Å²) in [5, 5.41) is 8.87. The quantitative estimate of drug-likeness (QED) is 0.543. The maximum Gasteiger partial charge on any atom is 0.318 e. The summed E-state index contributed by atoms with van der Waals surface area (Å²) in [6.07, 6.45) is 0.318. The van der Waals surface area contributed by atoms with Gasteiger partial charge in [-0.15, -0.1) is 0 Å². The number of hydrogen-bond donors (Lipinski definition) is 1. The second-order valence-corrected chi connectivity index (χ2v) is 9.71. The van der Waals surface area contributed by atoms with Crippen LogP contribution in [0, 0.1) is 5.82 Å². The molecule has 2 heterocycles. The number of carbonyl (C=O) groups excluding carboxylic acids is 2. The molecule has 3 amide bonds. The Morgan fingerprint density at radius 1 is 1.16 bits per heavy atom. The smallest absolute Gasteiger partial charge is 0.318 e. The average molecular weight is 526 g/mol. The lowest BCUT2D eigenvalue weighted by molar-refractivity contribution is -0.133. The molecule has 0 unspecified atom stereocenters. The van der Waals surface area contributed by atoms with Crippen LogP contribution in [0.25, 0.3) is 0 Å². The van der Waals surface area contributed by atoms with Gasteiger partial charge in [-0.3, -0.25) is 9.69 Å². The second-order valence-electron chi connectivity index (χ2n) is 9.71. The van der Waals surface area contributed by atoms with Gasteiger partial charge in [0.05, 0.1) is 32.1 Å². The Labute approximate surface area is 223 Å². The first-order valence-electron chi connectivity index (χ1n) is 13.0. The fourth-order valence-electron chi connectivity index (χ4n) is 4.70. The third-order valence-corrected chi connectivity index (χ3v) is 6.66. The van der Waals surface area contributed by atoms with E-state index >= 15 is 0 Å². The summed E-state index contributed by atoms with van der Waals surface area (Å²) in [4.78, 5) is 30.6. The van der Waals surface area contributed by atoms with Gasteiger partial charge in [0, 0.05) is 49.8 Å². The predicted molar refractivity (Wildman–Crippen MR) is 143 cm³/mol. The van der Waals surface area contributed by atoms with E-state index in [0.717, 1.165) is 18.7 Å². The Morgan fingerprint density at radius 2 is 1.87 bits per heavy atom. The van der Waals surface area contributed by atoms with Gasteiger partial charge in [0.2, 0.25) is 0 Å². The first-order valence-corrected chi connectivity index (χ1v) is 13.0. The molecule has 0 saturated carbocycles. The van der Waals surface area contributed by atoms with Gasteiger partial charge < -0.3 is 19.7 Å². The van der Waals surface area contributed by atoms with Crippen molar-refractivity contribution in [2.45, 2.75) is 32.4 Å². The number of nitrogens with one attached hydrogen (secondary N) is 1. The van der Waals surface area contributed by atoms with E-state index in [-0.39, 0.29) is 24.5 Å². The predicted octanol–water partition coefficient (Wildman–Crippen LogP) is 3.26. The largest absolute Gasteiger partial charge is 0.496 e. The fourth-order valence-corrected chi connectivity index (χ4v) is 4.70. The van der Waals surface area contributed by atoms with E-state index in [0.29, 0.717) is 49.7 Å². The number of urea groups is 1. The van der Waals surface area contributed by atoms with Crippen molar-refractivity contribution in [3.8, 4) is 5.75 Å². The molecule has 1 atom stereocenters. The summed E-state index contributed by atoms with van der Waals surface area (Å²) in [5.41, 5.74) is 1.59. The number of methoxy groups -OCH3 is 1. The minimum absolute atomic E-state index is 0.0812. The molecule has 10 heteroatoms. The van der Waals surface area contributed by atoms with E-state index in [2.05, 4.69) is 15.3 Å². The van der Waals surface area contributed by atoms with Crippen LogP contribution in [0.3, 0.4) is 0 Å². The minimum Gasteiger partial charge on any atom is -0.496 e. The third kappa shape index (κ3) is 6.68. The van der Waals surface area contributed by atoms with Crippen molar-refractivity contribution in [1.29, 1.82) is 0 Å². The van der Waals surface area contributed by atoms with Gasteiger partial charge in [0.25, 0.3) is 5.91 Å². The molecular formula is C28H36FN5O4. The normalized spacial score (nSPS) is 17.9. The van der Waals surface area contributed by atoms with E-state index in [1.807, 2.05) is 38.1 Å². The Kier molecular flexibility index (Phi) is 9.30. The van der Waals surface area contributed by atoms with Crippen molar-refractivity contribution in [1.82, 2.24) is 20.1 Å². The van der Waals surface area contributed by atoms with Crippen LogP contribution in [0.2, 0.25) is 0 Å². The van der Waals surface area contributed by atoms with Crippen LogP contribution in [0.15, 0.2) is 53.6 Å². The molecule has 9 nitrogen and oxygen atoms in total. The third-order valence-electron chi connectivity index (χ3n) is 6.66. The zero-order chi connectivity index (χ0) is 27.1. The number of halogens is 1. The van der Waals surface area contributed by atoms with Gasteiger partial charge in [0.15, 0.2) is 0 Å². The lowest BCUT2D eigenvalue weighted by Gasteiger charge is -2.31. The maximum absolute atomic E-state index is 14.7. The zero-order valence-corrected chi connectivity index (χ0v) is 22.2. The van der Waals surface area contributed by atoms with Gasteiger partial charge in [-0.25, -0.2) is 14.2 Å². The first kappa shape index (κ1) is 27.5. The lowest BCUT2D eigenvalue weighted by atomic mass is 9.97. The van der Waals surface area contributed by atoms with Crippen LogP contribution in [-0.4, -0.2) is 91.5 Å². The maximum atomic E-state index is 14.7. The van der Waals surface area contributed by atoms with E-state index < -0.39 is 11.9 Å². The molecule has 0 aromatic heterocycles. The second kappa shape index (κ2) is 12.8. The summed E-state index contributed by atoms with van der Waals surface area (Å²) in [6.45, 7) is 7.47. The molecule has 1 saturated heterocycles. The highest BCUT2D eigenvalue weighted by Gasteiger charge is 2.36. The average Bonchev–Trinajstić information content (AvgIpc) is 3.36. The van der Waals surface area contributed by atoms with Gasteiger partial charge in [-0.05, 0) is 26.0 Å². The monoisotopic (exact) mass is 525 g/mol. The van der Waals surface area contributed by atoms with Crippen molar-refractivity contribution >= 4 is 17.6 Å². The number of benzene rings is 2. The first-order chi connectivity index (χ1) is 18.4. The summed E-state index contributed by atoms with van der Waals surface area (Å²) in [6, 6.07) is 12.9. The highest BCUT2D eigenvalue weighted by molar-refractivity contribution is 6.03. The Hall–Kier alpha value is -3.50. The number of rotatable bonds is 9. The van der Waals surface area contributed by atoms with E-state index in [4.69, 9.17) is 9.47 Å². The number of amides is 3. The van der Waals surface area contributed by atoms with Gasteiger partial charge in [-0.1, -0.05) is 36.4 Å². The van der Waals surface area contributed by atoms with Crippen LogP contribution in [0.1, 0.15) is 37.4 Å². The van der Waals surface area contributed by atoms with E-state index in [1.165, 1.54) is 16.0 Å². The number of para-hydroxylation sites is 1. The van der Waals surface area contributed by atoms with Crippen molar-refractivity contribution in [3.05, 3.63) is 65.5 Å². The summed E-state index contributed by atoms with van der Waals surface area (Å²) >= 11 is 0. The molecule has 1 fully saturated rings. The van der Waals surface area contributed by atoms with E-state index in [1.54, 1.807) is 25.3 Å². The molecular weight excluding hydrogens is 489 g/mol. The van der Waals surface area contributed by atoms with Gasteiger partial charge in [-0.2, -0.15) is 5.10 Å². The molecule has 0 bridgehead atoms. The van der Waals surface area contributed by atoms with Gasteiger partial charge in [0.1, 0.15) is 18.1 Å². The summed E-state index contributed by atoms with van der Waals surface area (Å²) in [5.74, 6) is -0.141. The highest BCUT2D eigenvalue weighted by atomic mass is 19.1. The van der Waals surface area contributed by atoms with Crippen LogP contribution >= 0.6 is 0 Å². The zero-order valence-electron chi connectivity index (χ0n) is 22.2. The molecule has 0 spiro atoms. The standard InChI is InChI=1S/C28H36FN5O4/c1-20(2)30-28(36)33(13-12-32-14-16-38-17-15-32)19-27(35)34-25(22-9-5-7-11-26(22)37-3)18-24(31-34)21-8-4-6-10-23(21)29/h4-11,20,25H,12-19H2,1-3H3,(H,30,36)/t25-/m0/s1. The molecule has 0 radical (unpaired) electrons. The number of nitrogens with zero attached hydrogens (tertiary/aromatic N) is 4. The molecule has 0 aliphatic carbocycles. The van der Waals surface area contributed by atoms with Crippen LogP contribution < -0.4 is 10.1 Å². The van der Waals surface area contributed by atoms with Crippen LogP contribution in [0.4, 0.5) is 9.18 Å². The van der Waals surface area contributed by atoms with Crippen molar-refractivity contribution in [3.63, 3.8) is 0 Å². The number of hydrazone groups is 1. The summed E-state index contributed by atoms with van der Waals surface area (Å²) in [7, 11) is 1.57. The molecule has 2 aliphatic rings. The molecule has 38 heavy (non-hydrogen) atoms. The minimum atomic E-state index is -0.498. The number of morpholine rings is 1. The number of hydrogen-bond acceptors (Lipinski definition) is 6. The summed E-state index contributed by atoms with van der Waals surface area (Å²) < 4.78 is 25.7. The SMILES string of the molecule is COc1ccccc1[C@@H]1CC(c2ccccc2F)=NN1C(=O)CN(CCN1CCOCC1)C(=O)NC(C)C.